The Morgan fingerprint density at radius 1 is 1.09 bits per heavy atom. The molecule has 3 heterocycles. The summed E-state index contributed by atoms with van der Waals surface area (Å²) in [5.74, 6) is 0. The van der Waals surface area contributed by atoms with Crippen LogP contribution >= 0.6 is 23.1 Å². The predicted octanol–water partition coefficient (Wildman–Crippen LogP) is 4.82. The molecule has 0 radical (unpaired) electrons. The first-order chi connectivity index (χ1) is 16.5. The maximum absolute atomic E-state index is 13.4. The Kier molecular flexibility index (Phi) is 6.06. The number of para-hydroxylation sites is 1. The van der Waals surface area contributed by atoms with Gasteiger partial charge in [-0.25, -0.2) is 0 Å². The predicted molar refractivity (Wildman–Crippen MR) is 145 cm³/mol. The topological polar surface area (TPSA) is 50.2 Å². The van der Waals surface area contributed by atoms with Crippen molar-refractivity contribution in [2.45, 2.75) is 32.2 Å². The highest BCUT2D eigenvalue weighted by Crippen LogP contribution is 2.44. The monoisotopic (exact) mass is 486 g/mol. The van der Waals surface area contributed by atoms with Gasteiger partial charge in [-0.3, -0.25) is 14.3 Å². The van der Waals surface area contributed by atoms with Crippen LogP contribution in [0.15, 0.2) is 70.6 Å². The summed E-state index contributed by atoms with van der Waals surface area (Å²) < 4.78 is 3.55. The molecule has 172 valence electrons. The van der Waals surface area contributed by atoms with E-state index in [1.165, 1.54) is 16.0 Å². The van der Waals surface area contributed by atoms with Gasteiger partial charge in [-0.05, 0) is 62.2 Å². The fourth-order valence-electron chi connectivity index (χ4n) is 4.05. The van der Waals surface area contributed by atoms with Crippen LogP contribution in [0.4, 0.5) is 17.1 Å². The van der Waals surface area contributed by atoms with Gasteiger partial charge in [0.05, 0.1) is 22.2 Å². The molecule has 0 aliphatic carbocycles. The molecule has 4 aromatic rings. The standard InChI is InChI=1S/C27H26N4OS2/c1-5-31-24(34-25(26(31)32)27-30(4)22-8-6-7-9-23(22)33-27)15-19-12-13-28-16-21(19)29-20-14-17(2)10-11-18(20)3/h6-16,29H,5H2,1-4H3/b24-15-,27-25+. The highest BCUT2D eigenvalue weighted by molar-refractivity contribution is 8.08. The first kappa shape index (κ1) is 22.5. The molecule has 0 unspecified atom stereocenters. The van der Waals surface area contributed by atoms with Crippen LogP contribution in [-0.4, -0.2) is 16.6 Å². The number of nitrogens with one attached hydrogen (secondary N) is 1. The summed E-state index contributed by atoms with van der Waals surface area (Å²) in [6.07, 6.45) is 5.71. The van der Waals surface area contributed by atoms with E-state index in [1.54, 1.807) is 29.3 Å². The van der Waals surface area contributed by atoms with Crippen LogP contribution in [0.25, 0.3) is 11.1 Å². The number of benzene rings is 2. The zero-order valence-corrected chi connectivity index (χ0v) is 21.3. The first-order valence-corrected chi connectivity index (χ1v) is 12.8. The summed E-state index contributed by atoms with van der Waals surface area (Å²) in [6.45, 7) is 6.80. The molecule has 1 aliphatic rings. The van der Waals surface area contributed by atoms with Crippen molar-refractivity contribution in [2.24, 2.45) is 0 Å². The zero-order valence-electron chi connectivity index (χ0n) is 19.6. The number of hydrogen-bond donors (Lipinski definition) is 1. The molecule has 0 saturated heterocycles. The molecule has 5 rings (SSSR count). The minimum Gasteiger partial charge on any atom is -0.354 e. The van der Waals surface area contributed by atoms with E-state index in [2.05, 4.69) is 65.5 Å². The molecule has 0 saturated carbocycles. The van der Waals surface area contributed by atoms with Crippen molar-refractivity contribution in [3.63, 3.8) is 0 Å². The third kappa shape index (κ3) is 4.06. The molecule has 5 nitrogen and oxygen atoms in total. The lowest BCUT2D eigenvalue weighted by Crippen LogP contribution is -2.33. The first-order valence-electron chi connectivity index (χ1n) is 11.2. The fraction of sp³-hybridized carbons (Fsp3) is 0.185. The van der Waals surface area contributed by atoms with Crippen LogP contribution in [0.3, 0.4) is 0 Å². The number of aryl methyl sites for hydroxylation is 2. The Bertz CT molecular complexity index is 1570. The molecular weight excluding hydrogens is 460 g/mol. The van der Waals surface area contributed by atoms with Crippen LogP contribution < -0.4 is 25.0 Å². The van der Waals surface area contributed by atoms with Gasteiger partial charge in [-0.2, -0.15) is 0 Å². The van der Waals surface area contributed by atoms with Crippen LogP contribution in [-0.2, 0) is 6.54 Å². The van der Waals surface area contributed by atoms with Crippen molar-refractivity contribution in [1.29, 1.82) is 0 Å². The van der Waals surface area contributed by atoms with Gasteiger partial charge in [0, 0.05) is 35.9 Å². The summed E-state index contributed by atoms with van der Waals surface area (Å²) in [5, 5.41) is 4.53. The Balaban J connectivity index is 1.63. The van der Waals surface area contributed by atoms with Crippen LogP contribution in [0, 0.1) is 13.8 Å². The SMILES string of the molecule is CCn1c(=O)/c(=C2\Sc3ccccc3N2C)s/c1=C\c1ccncc1Nc1cc(C)ccc1C. The Morgan fingerprint density at radius 2 is 1.91 bits per heavy atom. The van der Waals surface area contributed by atoms with Gasteiger partial charge < -0.3 is 10.2 Å². The minimum atomic E-state index is 0.0546. The molecule has 2 aromatic carbocycles. The number of thiazole rings is 1. The number of fused-ring (bicyclic) bond motifs is 1. The van der Waals surface area contributed by atoms with Gasteiger partial charge in [0.25, 0.3) is 5.56 Å². The van der Waals surface area contributed by atoms with E-state index in [4.69, 9.17) is 0 Å². The summed E-state index contributed by atoms with van der Waals surface area (Å²) in [5.41, 5.74) is 6.51. The van der Waals surface area contributed by atoms with Crippen molar-refractivity contribution < 1.29 is 0 Å². The highest BCUT2D eigenvalue weighted by atomic mass is 32.2. The van der Waals surface area contributed by atoms with E-state index in [-0.39, 0.29) is 5.56 Å². The van der Waals surface area contributed by atoms with Crippen molar-refractivity contribution in [1.82, 2.24) is 9.55 Å². The lowest BCUT2D eigenvalue weighted by molar-refractivity contribution is 0.722. The van der Waals surface area contributed by atoms with E-state index < -0.39 is 0 Å². The number of pyridine rings is 1. The molecule has 0 spiro atoms. The van der Waals surface area contributed by atoms with Gasteiger partial charge in [0.1, 0.15) is 9.56 Å². The molecule has 34 heavy (non-hydrogen) atoms. The summed E-state index contributed by atoms with van der Waals surface area (Å²) in [4.78, 5) is 21.1. The maximum Gasteiger partial charge on any atom is 0.271 e. The molecule has 0 atom stereocenters. The Morgan fingerprint density at radius 3 is 2.71 bits per heavy atom. The van der Waals surface area contributed by atoms with E-state index in [0.29, 0.717) is 6.54 Å². The van der Waals surface area contributed by atoms with Crippen LogP contribution in [0.1, 0.15) is 23.6 Å². The lowest BCUT2D eigenvalue weighted by atomic mass is 10.1. The number of hydrogen-bond acceptors (Lipinski definition) is 6. The van der Waals surface area contributed by atoms with Gasteiger partial charge in [0.2, 0.25) is 0 Å². The smallest absolute Gasteiger partial charge is 0.271 e. The molecule has 1 aliphatic heterocycles. The lowest BCUT2D eigenvalue weighted by Gasteiger charge is -2.12. The second-order valence-electron chi connectivity index (χ2n) is 8.30. The minimum absolute atomic E-state index is 0.0546. The molecule has 2 aromatic heterocycles. The van der Waals surface area contributed by atoms with Crippen molar-refractivity contribution in [2.75, 3.05) is 17.3 Å². The van der Waals surface area contributed by atoms with Crippen LogP contribution in [0.2, 0.25) is 0 Å². The average molecular weight is 487 g/mol. The Hall–Kier alpha value is -3.29. The molecule has 0 amide bonds. The van der Waals surface area contributed by atoms with E-state index >= 15 is 0 Å². The largest absolute Gasteiger partial charge is 0.354 e. The van der Waals surface area contributed by atoms with Crippen molar-refractivity contribution in [3.8, 4) is 0 Å². The zero-order chi connectivity index (χ0) is 23.8. The number of aromatic nitrogens is 2. The summed E-state index contributed by atoms with van der Waals surface area (Å²) >= 11 is 3.21. The summed E-state index contributed by atoms with van der Waals surface area (Å²) in [7, 11) is 2.03. The Labute approximate surface area is 207 Å². The second-order valence-corrected chi connectivity index (χ2v) is 10.4. The van der Waals surface area contributed by atoms with Crippen molar-refractivity contribution in [3.05, 3.63) is 97.2 Å². The van der Waals surface area contributed by atoms with Gasteiger partial charge in [-0.1, -0.05) is 36.0 Å². The second kappa shape index (κ2) is 9.16. The third-order valence-electron chi connectivity index (χ3n) is 5.96. The molecule has 0 bridgehead atoms. The van der Waals surface area contributed by atoms with E-state index in [0.717, 1.165) is 36.8 Å². The van der Waals surface area contributed by atoms with Crippen molar-refractivity contribution >= 4 is 51.3 Å². The van der Waals surface area contributed by atoms with E-state index in [9.17, 15) is 4.79 Å². The van der Waals surface area contributed by atoms with Gasteiger partial charge in [-0.15, -0.1) is 11.3 Å². The molecule has 0 fully saturated rings. The highest BCUT2D eigenvalue weighted by Gasteiger charge is 2.24. The fourth-order valence-corrected chi connectivity index (χ4v) is 6.52. The molecule has 7 heteroatoms. The van der Waals surface area contributed by atoms with E-state index in [1.807, 2.05) is 42.9 Å². The number of nitrogens with zero attached hydrogens (tertiary/aromatic N) is 3. The number of rotatable bonds is 4. The number of thioether (sulfide) groups is 1. The average Bonchev–Trinajstić information content (AvgIpc) is 3.33. The third-order valence-corrected chi connectivity index (χ3v) is 8.44. The quantitative estimate of drug-likeness (QED) is 0.448. The molecule has 1 N–H and O–H groups in total. The normalized spacial score (nSPS) is 15.1. The molecular formula is C27H26N4OS2. The van der Waals surface area contributed by atoms with Crippen LogP contribution in [0.5, 0.6) is 0 Å². The van der Waals surface area contributed by atoms with Gasteiger partial charge in [0.15, 0.2) is 0 Å². The maximum atomic E-state index is 13.4. The van der Waals surface area contributed by atoms with Gasteiger partial charge >= 0.3 is 0 Å². The number of anilines is 3. The summed E-state index contributed by atoms with van der Waals surface area (Å²) in [6, 6.07) is 16.6.